The predicted molar refractivity (Wildman–Crippen MR) is 95.0 cm³/mol. The summed E-state index contributed by atoms with van der Waals surface area (Å²) in [4.78, 5) is 15.5. The third-order valence-electron chi connectivity index (χ3n) is 3.87. The molecule has 0 aliphatic heterocycles. The second kappa shape index (κ2) is 6.60. The van der Waals surface area contributed by atoms with Crippen LogP contribution in [0.3, 0.4) is 0 Å². The van der Waals surface area contributed by atoms with Crippen LogP contribution in [0.2, 0.25) is 0 Å². The van der Waals surface area contributed by atoms with E-state index < -0.39 is 0 Å². The first-order valence-corrected chi connectivity index (χ1v) is 8.71. The van der Waals surface area contributed by atoms with E-state index in [-0.39, 0.29) is 5.91 Å². The standard InChI is InChI=1S/C17H21N5OS/c1-11(2)13-9-15(22(4)20-13)17(23)21(3)10-12-8-14(19-18-12)16-6-5-7-24-16/h5-9,11H,10H2,1-4H3,(H,18,19). The van der Waals surface area contributed by atoms with E-state index in [1.165, 1.54) is 0 Å². The molecule has 6 nitrogen and oxygen atoms in total. The summed E-state index contributed by atoms with van der Waals surface area (Å²) in [5.74, 6) is 0.244. The number of H-pyrrole nitrogens is 1. The minimum absolute atomic E-state index is 0.0517. The van der Waals surface area contributed by atoms with Gasteiger partial charge < -0.3 is 4.90 Å². The minimum Gasteiger partial charge on any atom is -0.335 e. The van der Waals surface area contributed by atoms with Crippen molar-refractivity contribution >= 4 is 17.2 Å². The molecule has 0 atom stereocenters. The topological polar surface area (TPSA) is 66.8 Å². The van der Waals surface area contributed by atoms with Crippen LogP contribution in [0.1, 0.15) is 41.6 Å². The van der Waals surface area contributed by atoms with Crippen molar-refractivity contribution in [3.05, 3.63) is 46.7 Å². The van der Waals surface area contributed by atoms with Crippen molar-refractivity contribution in [3.8, 4) is 10.6 Å². The molecule has 0 spiro atoms. The van der Waals surface area contributed by atoms with Gasteiger partial charge in [0.25, 0.3) is 5.91 Å². The SMILES string of the molecule is CC(C)c1cc(C(=O)N(C)Cc2cc(-c3cccs3)n[nH]2)n(C)n1. The number of nitrogens with zero attached hydrogens (tertiary/aromatic N) is 4. The molecule has 3 heterocycles. The number of aromatic nitrogens is 4. The lowest BCUT2D eigenvalue weighted by atomic mass is 10.1. The second-order valence-electron chi connectivity index (χ2n) is 6.15. The summed E-state index contributed by atoms with van der Waals surface area (Å²) >= 11 is 1.64. The van der Waals surface area contributed by atoms with Crippen LogP contribution >= 0.6 is 11.3 Å². The van der Waals surface area contributed by atoms with Crippen molar-refractivity contribution in [2.45, 2.75) is 26.3 Å². The summed E-state index contributed by atoms with van der Waals surface area (Å²) < 4.78 is 1.65. The molecular formula is C17H21N5OS. The Bertz CT molecular complexity index is 831. The van der Waals surface area contributed by atoms with Crippen LogP contribution in [0, 0.1) is 0 Å². The van der Waals surface area contributed by atoms with Crippen molar-refractivity contribution in [2.24, 2.45) is 7.05 Å². The van der Waals surface area contributed by atoms with Gasteiger partial charge in [-0.15, -0.1) is 11.3 Å². The molecule has 0 unspecified atom stereocenters. The summed E-state index contributed by atoms with van der Waals surface area (Å²) in [5.41, 5.74) is 3.33. The van der Waals surface area contributed by atoms with Gasteiger partial charge in [0.05, 0.1) is 22.8 Å². The third-order valence-corrected chi connectivity index (χ3v) is 4.76. The molecule has 24 heavy (non-hydrogen) atoms. The zero-order chi connectivity index (χ0) is 17.3. The number of aromatic amines is 1. The Labute approximate surface area is 145 Å². The Morgan fingerprint density at radius 1 is 1.42 bits per heavy atom. The molecule has 0 fully saturated rings. The first-order valence-electron chi connectivity index (χ1n) is 7.83. The molecule has 1 amide bonds. The lowest BCUT2D eigenvalue weighted by Gasteiger charge is -2.15. The van der Waals surface area contributed by atoms with Crippen molar-refractivity contribution in [1.82, 2.24) is 24.9 Å². The van der Waals surface area contributed by atoms with E-state index in [9.17, 15) is 4.79 Å². The lowest BCUT2D eigenvalue weighted by Crippen LogP contribution is -2.28. The molecule has 0 aliphatic carbocycles. The molecule has 3 aromatic rings. The Morgan fingerprint density at radius 3 is 2.83 bits per heavy atom. The van der Waals surface area contributed by atoms with Gasteiger partial charge in [0, 0.05) is 14.1 Å². The fourth-order valence-electron chi connectivity index (χ4n) is 2.49. The zero-order valence-corrected chi connectivity index (χ0v) is 15.1. The Kier molecular flexibility index (Phi) is 4.53. The van der Waals surface area contributed by atoms with Crippen LogP contribution in [0.5, 0.6) is 0 Å². The van der Waals surface area contributed by atoms with Crippen LogP contribution in [-0.4, -0.2) is 37.8 Å². The molecule has 0 saturated carbocycles. The molecule has 0 radical (unpaired) electrons. The summed E-state index contributed by atoms with van der Waals surface area (Å²) in [5, 5.41) is 13.8. The van der Waals surface area contributed by atoms with Gasteiger partial charge >= 0.3 is 0 Å². The number of nitrogens with one attached hydrogen (secondary N) is 1. The molecule has 0 aliphatic rings. The monoisotopic (exact) mass is 343 g/mol. The van der Waals surface area contributed by atoms with Crippen LogP contribution in [0.25, 0.3) is 10.6 Å². The van der Waals surface area contributed by atoms with Gasteiger partial charge in [-0.3, -0.25) is 14.6 Å². The van der Waals surface area contributed by atoms with E-state index in [2.05, 4.69) is 29.1 Å². The molecule has 0 saturated heterocycles. The van der Waals surface area contributed by atoms with Gasteiger partial charge in [-0.2, -0.15) is 10.2 Å². The Balaban J connectivity index is 1.73. The third kappa shape index (κ3) is 3.26. The number of thiophene rings is 1. The minimum atomic E-state index is -0.0517. The molecule has 126 valence electrons. The highest BCUT2D eigenvalue weighted by atomic mass is 32.1. The Morgan fingerprint density at radius 2 is 2.21 bits per heavy atom. The van der Waals surface area contributed by atoms with E-state index in [1.807, 2.05) is 29.6 Å². The maximum atomic E-state index is 12.7. The van der Waals surface area contributed by atoms with E-state index in [4.69, 9.17) is 0 Å². The highest BCUT2D eigenvalue weighted by Crippen LogP contribution is 2.23. The van der Waals surface area contributed by atoms with Crippen LogP contribution in [-0.2, 0) is 13.6 Å². The van der Waals surface area contributed by atoms with Crippen LogP contribution < -0.4 is 0 Å². The van der Waals surface area contributed by atoms with Gasteiger partial charge in [0.15, 0.2) is 0 Å². The first-order chi connectivity index (χ1) is 11.5. The number of rotatable bonds is 5. The molecule has 1 N–H and O–H groups in total. The first kappa shape index (κ1) is 16.4. The molecule has 0 aromatic carbocycles. The summed E-state index contributed by atoms with van der Waals surface area (Å²) in [7, 11) is 3.59. The van der Waals surface area contributed by atoms with E-state index in [0.717, 1.165) is 22.0 Å². The summed E-state index contributed by atoms with van der Waals surface area (Å²) in [6.45, 7) is 4.60. The van der Waals surface area contributed by atoms with E-state index in [0.29, 0.717) is 18.2 Å². The fourth-order valence-corrected chi connectivity index (χ4v) is 3.17. The van der Waals surface area contributed by atoms with Crippen molar-refractivity contribution in [1.29, 1.82) is 0 Å². The van der Waals surface area contributed by atoms with Gasteiger partial charge in [-0.05, 0) is 29.5 Å². The highest BCUT2D eigenvalue weighted by Gasteiger charge is 2.19. The number of amides is 1. The Hall–Kier alpha value is -2.41. The number of carbonyl (C=O) groups excluding carboxylic acids is 1. The van der Waals surface area contributed by atoms with Gasteiger partial charge in [-0.25, -0.2) is 0 Å². The maximum absolute atomic E-state index is 12.7. The lowest BCUT2D eigenvalue weighted by molar-refractivity contribution is 0.0772. The molecule has 3 rings (SSSR count). The van der Waals surface area contributed by atoms with Gasteiger partial charge in [0.2, 0.25) is 0 Å². The molecule has 0 bridgehead atoms. The average Bonchev–Trinajstić information content (AvgIpc) is 3.25. The maximum Gasteiger partial charge on any atom is 0.272 e. The van der Waals surface area contributed by atoms with Crippen molar-refractivity contribution in [2.75, 3.05) is 7.05 Å². The predicted octanol–water partition coefficient (Wildman–Crippen LogP) is 3.27. The number of carbonyl (C=O) groups is 1. The fraction of sp³-hybridized carbons (Fsp3) is 0.353. The van der Waals surface area contributed by atoms with E-state index in [1.54, 1.807) is 35.0 Å². The second-order valence-corrected chi connectivity index (χ2v) is 7.10. The number of hydrogen-bond acceptors (Lipinski definition) is 4. The van der Waals surface area contributed by atoms with Crippen molar-refractivity contribution in [3.63, 3.8) is 0 Å². The highest BCUT2D eigenvalue weighted by molar-refractivity contribution is 7.13. The smallest absolute Gasteiger partial charge is 0.272 e. The zero-order valence-electron chi connectivity index (χ0n) is 14.3. The van der Waals surface area contributed by atoms with E-state index >= 15 is 0 Å². The quantitative estimate of drug-likeness (QED) is 0.773. The van der Waals surface area contributed by atoms with Crippen LogP contribution in [0.15, 0.2) is 29.6 Å². The average molecular weight is 343 g/mol. The molecule has 7 heteroatoms. The summed E-state index contributed by atoms with van der Waals surface area (Å²) in [6.07, 6.45) is 0. The number of hydrogen-bond donors (Lipinski definition) is 1. The molecular weight excluding hydrogens is 322 g/mol. The number of aryl methyl sites for hydroxylation is 1. The van der Waals surface area contributed by atoms with Gasteiger partial charge in [0.1, 0.15) is 11.4 Å². The summed E-state index contributed by atoms with van der Waals surface area (Å²) in [6, 6.07) is 7.88. The normalized spacial score (nSPS) is 11.2. The van der Waals surface area contributed by atoms with Crippen molar-refractivity contribution < 1.29 is 4.79 Å². The molecule has 3 aromatic heterocycles. The van der Waals surface area contributed by atoms with Gasteiger partial charge in [-0.1, -0.05) is 19.9 Å². The largest absolute Gasteiger partial charge is 0.335 e. The van der Waals surface area contributed by atoms with Crippen LogP contribution in [0.4, 0.5) is 0 Å².